The molecule has 1 aromatic carbocycles. The summed E-state index contributed by atoms with van der Waals surface area (Å²) in [6.45, 7) is 9.39. The van der Waals surface area contributed by atoms with Gasteiger partial charge in [-0.1, -0.05) is 38.5 Å². The Morgan fingerprint density at radius 3 is 2.29 bits per heavy atom. The molecule has 0 aliphatic heterocycles. The van der Waals surface area contributed by atoms with Gasteiger partial charge >= 0.3 is 0 Å². The van der Waals surface area contributed by atoms with E-state index >= 15 is 0 Å². The van der Waals surface area contributed by atoms with Crippen LogP contribution in [0.1, 0.15) is 26.3 Å². The SMILES string of the molecule is CCNC(CS(=O)c1ccc(C)cc1)C(C)C. The molecular weight excluding hydrogens is 230 g/mol. The van der Waals surface area contributed by atoms with Gasteiger partial charge < -0.3 is 5.32 Å². The molecule has 0 saturated heterocycles. The van der Waals surface area contributed by atoms with E-state index in [-0.39, 0.29) is 0 Å². The molecule has 0 spiro atoms. The molecule has 2 atom stereocenters. The fourth-order valence-corrected chi connectivity index (χ4v) is 3.16. The minimum absolute atomic E-state index is 0.321. The summed E-state index contributed by atoms with van der Waals surface area (Å²) >= 11 is 0. The molecule has 0 saturated carbocycles. The third kappa shape index (κ3) is 4.60. The summed E-state index contributed by atoms with van der Waals surface area (Å²) in [7, 11) is -0.906. The van der Waals surface area contributed by atoms with Crippen LogP contribution in [0.3, 0.4) is 0 Å². The van der Waals surface area contributed by atoms with Crippen LogP contribution in [0.5, 0.6) is 0 Å². The maximum absolute atomic E-state index is 12.2. The lowest BCUT2D eigenvalue weighted by molar-refractivity contribution is 0.440. The summed E-state index contributed by atoms with van der Waals surface area (Å²) < 4.78 is 12.2. The van der Waals surface area contributed by atoms with E-state index in [0.29, 0.717) is 17.7 Å². The Kier molecular flexibility index (Phi) is 5.86. The maximum Gasteiger partial charge on any atom is 0.0545 e. The van der Waals surface area contributed by atoms with E-state index in [4.69, 9.17) is 0 Å². The van der Waals surface area contributed by atoms with Crippen molar-refractivity contribution in [2.75, 3.05) is 12.3 Å². The van der Waals surface area contributed by atoms with Crippen LogP contribution in [0, 0.1) is 12.8 Å². The van der Waals surface area contributed by atoms with Crippen molar-refractivity contribution < 1.29 is 4.21 Å². The largest absolute Gasteiger partial charge is 0.313 e. The minimum atomic E-state index is -0.906. The summed E-state index contributed by atoms with van der Waals surface area (Å²) in [5.41, 5.74) is 1.21. The first kappa shape index (κ1) is 14.4. The van der Waals surface area contributed by atoms with Crippen LogP contribution in [0.15, 0.2) is 29.2 Å². The molecule has 0 fully saturated rings. The summed E-state index contributed by atoms with van der Waals surface area (Å²) in [6.07, 6.45) is 0. The second-order valence-corrected chi connectivity index (χ2v) is 6.23. The first-order valence-corrected chi connectivity index (χ1v) is 7.55. The van der Waals surface area contributed by atoms with E-state index in [1.165, 1.54) is 5.56 Å². The normalized spacial score (nSPS) is 14.9. The second kappa shape index (κ2) is 6.92. The Hall–Kier alpha value is -0.670. The highest BCUT2D eigenvalue weighted by atomic mass is 32.2. The summed E-state index contributed by atoms with van der Waals surface area (Å²) in [6, 6.07) is 8.29. The van der Waals surface area contributed by atoms with Crippen LogP contribution in [0.25, 0.3) is 0 Å². The molecule has 1 N–H and O–H groups in total. The molecule has 0 aliphatic rings. The molecule has 0 heterocycles. The molecule has 17 heavy (non-hydrogen) atoms. The van der Waals surface area contributed by atoms with E-state index in [1.54, 1.807) is 0 Å². The van der Waals surface area contributed by atoms with Gasteiger partial charge in [-0.15, -0.1) is 0 Å². The first-order valence-electron chi connectivity index (χ1n) is 6.23. The van der Waals surface area contributed by atoms with Crippen LogP contribution >= 0.6 is 0 Å². The van der Waals surface area contributed by atoms with Gasteiger partial charge in [0.1, 0.15) is 0 Å². The van der Waals surface area contributed by atoms with Gasteiger partial charge in [0.05, 0.1) is 10.8 Å². The highest BCUT2D eigenvalue weighted by molar-refractivity contribution is 7.85. The quantitative estimate of drug-likeness (QED) is 0.844. The summed E-state index contributed by atoms with van der Waals surface area (Å²) in [4.78, 5) is 0.930. The van der Waals surface area contributed by atoms with E-state index in [2.05, 4.69) is 26.1 Å². The van der Waals surface area contributed by atoms with Crippen LogP contribution in [0.2, 0.25) is 0 Å². The average Bonchev–Trinajstić information content (AvgIpc) is 2.29. The lowest BCUT2D eigenvalue weighted by Crippen LogP contribution is -2.38. The van der Waals surface area contributed by atoms with Gasteiger partial charge in [-0.05, 0) is 31.5 Å². The molecule has 0 amide bonds. The summed E-state index contributed by atoms with van der Waals surface area (Å²) in [5.74, 6) is 1.19. The van der Waals surface area contributed by atoms with Gasteiger partial charge in [-0.25, -0.2) is 0 Å². The third-order valence-corrected chi connectivity index (χ3v) is 4.35. The lowest BCUT2D eigenvalue weighted by atomic mass is 10.1. The standard InChI is InChI=1S/C14H23NOS/c1-5-15-14(11(2)3)10-17(16)13-8-6-12(4)7-9-13/h6-9,11,14-15H,5,10H2,1-4H3. The Morgan fingerprint density at radius 1 is 1.24 bits per heavy atom. The Bertz CT molecular complexity index is 359. The highest BCUT2D eigenvalue weighted by Gasteiger charge is 2.16. The number of hydrogen-bond acceptors (Lipinski definition) is 2. The number of aryl methyl sites for hydroxylation is 1. The van der Waals surface area contributed by atoms with Crippen molar-refractivity contribution in [3.63, 3.8) is 0 Å². The number of nitrogens with one attached hydrogen (secondary N) is 1. The van der Waals surface area contributed by atoms with Crippen molar-refractivity contribution in [1.82, 2.24) is 5.32 Å². The van der Waals surface area contributed by atoms with Crippen LogP contribution < -0.4 is 5.32 Å². The van der Waals surface area contributed by atoms with E-state index in [0.717, 1.165) is 11.4 Å². The van der Waals surface area contributed by atoms with Gasteiger partial charge in [0.2, 0.25) is 0 Å². The van der Waals surface area contributed by atoms with Crippen molar-refractivity contribution >= 4 is 10.8 Å². The molecule has 96 valence electrons. The lowest BCUT2D eigenvalue weighted by Gasteiger charge is -2.21. The van der Waals surface area contributed by atoms with Crippen molar-refractivity contribution in [3.8, 4) is 0 Å². The maximum atomic E-state index is 12.2. The zero-order chi connectivity index (χ0) is 12.8. The fourth-order valence-electron chi connectivity index (χ4n) is 1.70. The topological polar surface area (TPSA) is 29.1 Å². The van der Waals surface area contributed by atoms with Crippen LogP contribution in [-0.4, -0.2) is 22.5 Å². The molecule has 1 aromatic rings. The number of benzene rings is 1. The molecule has 1 rings (SSSR count). The minimum Gasteiger partial charge on any atom is -0.313 e. The second-order valence-electron chi connectivity index (χ2n) is 4.73. The predicted molar refractivity (Wildman–Crippen MR) is 74.8 cm³/mol. The van der Waals surface area contributed by atoms with Gasteiger partial charge in [-0.3, -0.25) is 4.21 Å². The van der Waals surface area contributed by atoms with E-state index in [1.807, 2.05) is 31.2 Å². The highest BCUT2D eigenvalue weighted by Crippen LogP contribution is 2.12. The van der Waals surface area contributed by atoms with Crippen molar-refractivity contribution in [2.45, 2.75) is 38.6 Å². The molecule has 0 radical (unpaired) electrons. The molecule has 0 aliphatic carbocycles. The zero-order valence-electron chi connectivity index (χ0n) is 11.2. The van der Waals surface area contributed by atoms with Crippen LogP contribution in [0.4, 0.5) is 0 Å². The molecule has 0 bridgehead atoms. The average molecular weight is 253 g/mol. The molecular formula is C14H23NOS. The smallest absolute Gasteiger partial charge is 0.0545 e. The van der Waals surface area contributed by atoms with Crippen LogP contribution in [-0.2, 0) is 10.8 Å². The number of hydrogen-bond donors (Lipinski definition) is 1. The monoisotopic (exact) mass is 253 g/mol. The van der Waals surface area contributed by atoms with Gasteiger partial charge in [0, 0.05) is 16.7 Å². The van der Waals surface area contributed by atoms with E-state index in [9.17, 15) is 4.21 Å². The van der Waals surface area contributed by atoms with E-state index < -0.39 is 10.8 Å². The van der Waals surface area contributed by atoms with Crippen molar-refractivity contribution in [3.05, 3.63) is 29.8 Å². The van der Waals surface area contributed by atoms with Crippen molar-refractivity contribution in [2.24, 2.45) is 5.92 Å². The number of rotatable bonds is 6. The van der Waals surface area contributed by atoms with Gasteiger partial charge in [-0.2, -0.15) is 0 Å². The third-order valence-electron chi connectivity index (χ3n) is 2.89. The molecule has 3 heteroatoms. The fraction of sp³-hybridized carbons (Fsp3) is 0.571. The zero-order valence-corrected chi connectivity index (χ0v) is 12.0. The van der Waals surface area contributed by atoms with Gasteiger partial charge in [0.25, 0.3) is 0 Å². The molecule has 2 nitrogen and oxygen atoms in total. The molecule has 2 unspecified atom stereocenters. The molecule has 0 aromatic heterocycles. The first-order chi connectivity index (χ1) is 8.04. The Balaban J connectivity index is 2.66. The van der Waals surface area contributed by atoms with Crippen molar-refractivity contribution in [1.29, 1.82) is 0 Å². The predicted octanol–water partition coefficient (Wildman–Crippen LogP) is 2.74. The summed E-state index contributed by atoms with van der Waals surface area (Å²) in [5, 5.41) is 3.40. The Morgan fingerprint density at radius 2 is 1.82 bits per heavy atom. The Labute approximate surface area is 107 Å². The van der Waals surface area contributed by atoms with Gasteiger partial charge in [0.15, 0.2) is 0 Å².